The number of halogens is 2. The molecular formula is C40H50F2N2O14. The molecule has 1 amide bonds. The van der Waals surface area contributed by atoms with Crippen LogP contribution in [0.25, 0.3) is 0 Å². The molecule has 10 atom stereocenters. The van der Waals surface area contributed by atoms with Crippen LogP contribution in [-0.4, -0.2) is 112 Å². The summed E-state index contributed by atoms with van der Waals surface area (Å²) in [6.07, 6.45) is -1.67. The number of benzene rings is 1. The van der Waals surface area contributed by atoms with Gasteiger partial charge in [0.25, 0.3) is 0 Å². The minimum Gasteiger partial charge on any atom is -0.464 e. The fourth-order valence-electron chi connectivity index (χ4n) is 10.2. The van der Waals surface area contributed by atoms with Gasteiger partial charge in [0.1, 0.15) is 18.0 Å². The standard InChI is InChI=1S/C40H50F2N2O14/c1-22(45)43-30(34(49)53-14-6-7-15-55-44(51)52)16-23-8-10-25(11-9-23)56-35(50)54-21-32(48)40-33(57-36(2,3)58-40)19-26-27-18-29(41)28-17-24(46)12-13-37(28,4)39(27,42)31(47)20-38(26,40)5/h8-13,17,26-27,29-31,33,47,51-52H,6-7,14-16,18-21H2,1-5H3,(H,43,45)/t26?,27?,29-,30-,31-,33+,37-,38-,39-,40+/m0/s1. The zero-order valence-electron chi connectivity index (χ0n) is 32.9. The monoisotopic (exact) mass is 820 g/mol. The van der Waals surface area contributed by atoms with Crippen molar-refractivity contribution in [2.75, 3.05) is 19.8 Å². The van der Waals surface area contributed by atoms with Crippen molar-refractivity contribution in [3.8, 4) is 5.75 Å². The number of amides is 1. The third-order valence-electron chi connectivity index (χ3n) is 12.6. The Hall–Kier alpha value is -4.17. The van der Waals surface area contributed by atoms with Gasteiger partial charge in [0.05, 0.1) is 30.8 Å². The van der Waals surface area contributed by atoms with E-state index in [1.54, 1.807) is 32.9 Å². The van der Waals surface area contributed by atoms with E-state index in [4.69, 9.17) is 34.1 Å². The van der Waals surface area contributed by atoms with Gasteiger partial charge in [0.15, 0.2) is 29.4 Å². The highest BCUT2D eigenvalue weighted by atomic mass is 19.1. The number of esters is 1. The Morgan fingerprint density at radius 1 is 1.02 bits per heavy atom. The topological polar surface area (TPSA) is 217 Å². The number of nitrogens with one attached hydrogen (secondary N) is 1. The Kier molecular flexibility index (Phi) is 12.1. The van der Waals surface area contributed by atoms with Crippen LogP contribution in [0.4, 0.5) is 13.6 Å². The fourth-order valence-corrected chi connectivity index (χ4v) is 10.2. The van der Waals surface area contributed by atoms with Gasteiger partial charge in [-0.1, -0.05) is 25.1 Å². The van der Waals surface area contributed by atoms with Crippen molar-refractivity contribution in [3.05, 3.63) is 53.6 Å². The molecule has 4 fully saturated rings. The van der Waals surface area contributed by atoms with E-state index >= 15 is 8.78 Å². The number of nitrogens with zero attached hydrogens (tertiary/aromatic N) is 1. The van der Waals surface area contributed by atoms with Crippen LogP contribution in [0, 0.1) is 22.7 Å². The van der Waals surface area contributed by atoms with Crippen LogP contribution in [0.1, 0.15) is 72.3 Å². The number of aliphatic hydroxyl groups excluding tert-OH is 1. The third-order valence-corrected chi connectivity index (χ3v) is 12.6. The molecule has 1 aromatic carbocycles. The average molecular weight is 821 g/mol. The zero-order chi connectivity index (χ0) is 42.4. The molecule has 0 radical (unpaired) electrons. The van der Waals surface area contributed by atoms with Crippen molar-refractivity contribution in [1.82, 2.24) is 10.7 Å². The van der Waals surface area contributed by atoms with E-state index < -0.39 is 106 Å². The summed E-state index contributed by atoms with van der Waals surface area (Å²) in [5.41, 5.74) is -6.56. The summed E-state index contributed by atoms with van der Waals surface area (Å²) in [5, 5.41) is 31.0. The number of carbonyl (C=O) groups is 5. The van der Waals surface area contributed by atoms with Gasteiger partial charge in [-0.05, 0) is 94.2 Å². The minimum absolute atomic E-state index is 0.00860. The number of fused-ring (bicyclic) bond motifs is 7. The van der Waals surface area contributed by atoms with E-state index in [0.29, 0.717) is 18.4 Å². The van der Waals surface area contributed by atoms with Crippen LogP contribution in [0.15, 0.2) is 48.1 Å². The SMILES string of the molecule is CC(=O)N[C@@H](Cc1ccc(OC(=O)OCC(=O)[C@@]23OC(C)(C)O[C@@H]2CC2C4C[C@H](F)C5=CC(=O)C=C[C@]5(C)[C@@]4(F)[C@@H](O)C[C@@]23C)cc1)C(=O)OCCCCON(O)O. The van der Waals surface area contributed by atoms with Gasteiger partial charge in [-0.15, -0.1) is 0 Å². The van der Waals surface area contributed by atoms with E-state index in [2.05, 4.69) is 10.2 Å². The minimum atomic E-state index is -2.38. The van der Waals surface area contributed by atoms with Gasteiger partial charge in [0.2, 0.25) is 11.7 Å². The van der Waals surface area contributed by atoms with Crippen LogP contribution in [-0.2, 0) is 49.4 Å². The number of allylic oxidation sites excluding steroid dienone is 4. The molecule has 16 nitrogen and oxygen atoms in total. The van der Waals surface area contributed by atoms with Crippen LogP contribution >= 0.6 is 0 Å². The molecule has 1 aromatic rings. The van der Waals surface area contributed by atoms with Crippen molar-refractivity contribution in [1.29, 1.82) is 0 Å². The summed E-state index contributed by atoms with van der Waals surface area (Å²) in [5.74, 6) is -5.38. The molecular weight excluding hydrogens is 770 g/mol. The number of ether oxygens (including phenoxy) is 5. The number of hydrogen-bond donors (Lipinski definition) is 4. The van der Waals surface area contributed by atoms with Crippen molar-refractivity contribution in [2.24, 2.45) is 22.7 Å². The van der Waals surface area contributed by atoms with Gasteiger partial charge in [-0.3, -0.25) is 29.6 Å². The van der Waals surface area contributed by atoms with Crippen LogP contribution < -0.4 is 10.1 Å². The predicted molar refractivity (Wildman–Crippen MR) is 193 cm³/mol. The van der Waals surface area contributed by atoms with E-state index in [9.17, 15) is 29.1 Å². The summed E-state index contributed by atoms with van der Waals surface area (Å²) in [6.45, 7) is 6.79. The Balaban J connectivity index is 1.10. The molecule has 0 bridgehead atoms. The van der Waals surface area contributed by atoms with Crippen molar-refractivity contribution in [2.45, 2.75) is 115 Å². The largest absolute Gasteiger partial charge is 0.514 e. The average Bonchev–Trinajstić information content (AvgIpc) is 3.55. The summed E-state index contributed by atoms with van der Waals surface area (Å²) < 4.78 is 62.1. The van der Waals surface area contributed by atoms with E-state index in [1.807, 2.05) is 0 Å². The van der Waals surface area contributed by atoms with Crippen molar-refractivity contribution < 1.29 is 76.8 Å². The predicted octanol–water partition coefficient (Wildman–Crippen LogP) is 3.97. The molecule has 1 saturated heterocycles. The fraction of sp³-hybridized carbons (Fsp3) is 0.625. The molecule has 318 valence electrons. The number of aliphatic hydroxyl groups is 1. The number of carbonyl (C=O) groups excluding carboxylic acids is 5. The Morgan fingerprint density at radius 2 is 1.71 bits per heavy atom. The second kappa shape index (κ2) is 16.1. The van der Waals surface area contributed by atoms with Gasteiger partial charge in [0, 0.05) is 30.1 Å². The molecule has 0 aromatic heterocycles. The lowest BCUT2D eigenvalue weighted by molar-refractivity contribution is -0.492. The lowest BCUT2D eigenvalue weighted by Crippen LogP contribution is -2.71. The second-order valence-corrected chi connectivity index (χ2v) is 16.6. The highest BCUT2D eigenvalue weighted by Gasteiger charge is 2.80. The number of alkyl halides is 2. The smallest absolute Gasteiger partial charge is 0.464 e. The van der Waals surface area contributed by atoms with E-state index in [1.165, 1.54) is 38.1 Å². The van der Waals surface area contributed by atoms with E-state index in [-0.39, 0.29) is 50.2 Å². The van der Waals surface area contributed by atoms with Gasteiger partial charge >= 0.3 is 12.1 Å². The Morgan fingerprint density at radius 3 is 2.38 bits per heavy atom. The first-order chi connectivity index (χ1) is 27.2. The second-order valence-electron chi connectivity index (χ2n) is 16.6. The van der Waals surface area contributed by atoms with Crippen LogP contribution in [0.5, 0.6) is 5.75 Å². The van der Waals surface area contributed by atoms with Crippen molar-refractivity contribution >= 4 is 29.6 Å². The summed E-state index contributed by atoms with van der Waals surface area (Å²) in [6, 6.07) is 4.89. The summed E-state index contributed by atoms with van der Waals surface area (Å²) in [4.78, 5) is 68.4. The quantitative estimate of drug-likeness (QED) is 0.0904. The number of Topliss-reactive ketones (excluding diaryl/α,β-unsaturated/α-hetero) is 1. The van der Waals surface area contributed by atoms with Gasteiger partial charge < -0.3 is 34.1 Å². The Bertz CT molecular complexity index is 1860. The maximum Gasteiger partial charge on any atom is 0.514 e. The van der Waals surface area contributed by atoms with Gasteiger partial charge in [-0.2, -0.15) is 0 Å². The highest BCUT2D eigenvalue weighted by molar-refractivity contribution is 6.01. The number of ketones is 2. The van der Waals surface area contributed by atoms with Crippen molar-refractivity contribution in [3.63, 3.8) is 0 Å². The first kappa shape index (κ1) is 43.4. The number of rotatable bonds is 14. The van der Waals surface area contributed by atoms with Crippen LogP contribution in [0.3, 0.4) is 0 Å². The normalized spacial score (nSPS) is 34.8. The number of hydrogen-bond acceptors (Lipinski definition) is 15. The molecule has 1 aliphatic heterocycles. The molecule has 18 heteroatoms. The molecule has 3 saturated carbocycles. The Labute approximate surface area is 333 Å². The molecule has 58 heavy (non-hydrogen) atoms. The first-order valence-corrected chi connectivity index (χ1v) is 19.2. The zero-order valence-corrected chi connectivity index (χ0v) is 32.9. The lowest BCUT2D eigenvalue weighted by Gasteiger charge is -2.63. The maximum atomic E-state index is 17.7. The summed E-state index contributed by atoms with van der Waals surface area (Å²) >= 11 is 0. The molecule has 4 aliphatic carbocycles. The third kappa shape index (κ3) is 7.71. The first-order valence-electron chi connectivity index (χ1n) is 19.2. The van der Waals surface area contributed by atoms with Crippen LogP contribution in [0.2, 0.25) is 0 Å². The molecule has 2 unspecified atom stereocenters. The molecule has 0 spiro atoms. The molecule has 6 rings (SSSR count). The molecule has 1 heterocycles. The van der Waals surface area contributed by atoms with Gasteiger partial charge in [-0.25, -0.2) is 18.4 Å². The molecule has 4 N–H and O–H groups in total. The maximum absolute atomic E-state index is 17.7. The summed E-state index contributed by atoms with van der Waals surface area (Å²) in [7, 11) is 0. The van der Waals surface area contributed by atoms with E-state index in [0.717, 1.165) is 6.08 Å². The lowest BCUT2D eigenvalue weighted by atomic mass is 9.44. The highest BCUT2D eigenvalue weighted by Crippen LogP contribution is 2.72. The molecule has 5 aliphatic rings. The number of unbranched alkanes of at least 4 members (excludes halogenated alkanes) is 1.